The van der Waals surface area contributed by atoms with E-state index in [0.717, 1.165) is 12.1 Å². The molecule has 0 radical (unpaired) electrons. The fourth-order valence-corrected chi connectivity index (χ4v) is 2.23. The lowest BCUT2D eigenvalue weighted by atomic mass is 9.74. The van der Waals surface area contributed by atoms with Crippen LogP contribution in [-0.4, -0.2) is 15.5 Å². The van der Waals surface area contributed by atoms with Crippen molar-refractivity contribution in [1.82, 2.24) is 4.98 Å². The summed E-state index contributed by atoms with van der Waals surface area (Å²) in [6, 6.07) is 3.90. The summed E-state index contributed by atoms with van der Waals surface area (Å²) in [4.78, 5) is 4.48. The van der Waals surface area contributed by atoms with Gasteiger partial charge in [-0.1, -0.05) is 19.1 Å². The Hall–Kier alpha value is -1.16. The maximum atomic E-state index is 5.57. The number of aromatic nitrogens is 1. The summed E-state index contributed by atoms with van der Waals surface area (Å²) < 4.78 is 0. The van der Waals surface area contributed by atoms with Gasteiger partial charge in [0, 0.05) is 17.4 Å². The summed E-state index contributed by atoms with van der Waals surface area (Å²) in [5, 5.41) is 3.58. The second-order valence-electron chi connectivity index (χ2n) is 4.41. The van der Waals surface area contributed by atoms with Crippen molar-refractivity contribution in [2.24, 2.45) is 5.73 Å². The minimum Gasteiger partial charge on any atom is -0.388 e. The van der Waals surface area contributed by atoms with E-state index in [0.29, 0.717) is 10.7 Å². The average molecular weight is 235 g/mol. The highest BCUT2D eigenvalue weighted by Gasteiger charge is 2.34. The van der Waals surface area contributed by atoms with Crippen molar-refractivity contribution in [3.05, 3.63) is 24.0 Å². The van der Waals surface area contributed by atoms with Crippen molar-refractivity contribution >= 4 is 22.9 Å². The minimum atomic E-state index is 0.287. The summed E-state index contributed by atoms with van der Waals surface area (Å²) in [5.41, 5.74) is 7.61. The van der Waals surface area contributed by atoms with E-state index in [1.807, 2.05) is 12.1 Å². The SMILES string of the molecule is CCC1(Nc2ccnc(C(N)=S)c2)CCC1. The van der Waals surface area contributed by atoms with Gasteiger partial charge in [0.1, 0.15) is 4.99 Å². The molecule has 1 aliphatic carbocycles. The van der Waals surface area contributed by atoms with Gasteiger partial charge in [-0.25, -0.2) is 0 Å². The third-order valence-corrected chi connectivity index (χ3v) is 3.62. The molecule has 1 aromatic heterocycles. The maximum absolute atomic E-state index is 5.57. The van der Waals surface area contributed by atoms with Crippen LogP contribution in [0.25, 0.3) is 0 Å². The van der Waals surface area contributed by atoms with Crippen molar-refractivity contribution in [2.45, 2.75) is 38.1 Å². The fraction of sp³-hybridized carbons (Fsp3) is 0.500. The Balaban J connectivity index is 2.15. The molecule has 0 atom stereocenters. The van der Waals surface area contributed by atoms with Gasteiger partial charge >= 0.3 is 0 Å². The number of thiocarbonyl (C=S) groups is 1. The first-order chi connectivity index (χ1) is 7.65. The molecule has 0 saturated heterocycles. The normalized spacial score (nSPS) is 17.6. The first-order valence-electron chi connectivity index (χ1n) is 5.69. The number of hydrogen-bond acceptors (Lipinski definition) is 3. The Kier molecular flexibility index (Phi) is 3.10. The molecule has 1 heterocycles. The van der Waals surface area contributed by atoms with Crippen LogP contribution in [0.5, 0.6) is 0 Å². The van der Waals surface area contributed by atoms with Gasteiger partial charge in [-0.15, -0.1) is 0 Å². The molecule has 1 fully saturated rings. The smallest absolute Gasteiger partial charge is 0.122 e. The van der Waals surface area contributed by atoms with Crippen LogP contribution in [0.3, 0.4) is 0 Å². The van der Waals surface area contributed by atoms with Gasteiger partial charge in [0.25, 0.3) is 0 Å². The maximum Gasteiger partial charge on any atom is 0.122 e. The van der Waals surface area contributed by atoms with E-state index in [9.17, 15) is 0 Å². The third kappa shape index (κ3) is 2.16. The van der Waals surface area contributed by atoms with Crippen LogP contribution in [-0.2, 0) is 0 Å². The molecule has 1 aliphatic rings. The molecular formula is C12H17N3S. The molecular weight excluding hydrogens is 218 g/mol. The summed E-state index contributed by atoms with van der Waals surface area (Å²) in [5.74, 6) is 0. The van der Waals surface area contributed by atoms with Crippen molar-refractivity contribution < 1.29 is 0 Å². The molecule has 86 valence electrons. The van der Waals surface area contributed by atoms with Gasteiger partial charge < -0.3 is 11.1 Å². The van der Waals surface area contributed by atoms with Crippen LogP contribution >= 0.6 is 12.2 Å². The highest BCUT2D eigenvalue weighted by molar-refractivity contribution is 7.80. The number of rotatable bonds is 4. The molecule has 0 aliphatic heterocycles. The topological polar surface area (TPSA) is 50.9 Å². The largest absolute Gasteiger partial charge is 0.388 e. The summed E-state index contributed by atoms with van der Waals surface area (Å²) >= 11 is 4.92. The fourth-order valence-electron chi connectivity index (χ4n) is 2.12. The number of nitrogens with one attached hydrogen (secondary N) is 1. The number of nitrogens with two attached hydrogens (primary N) is 1. The van der Waals surface area contributed by atoms with Gasteiger partial charge in [-0.05, 0) is 37.8 Å². The van der Waals surface area contributed by atoms with E-state index >= 15 is 0 Å². The number of pyridine rings is 1. The Bertz CT molecular complexity index is 393. The Morgan fingerprint density at radius 2 is 2.38 bits per heavy atom. The van der Waals surface area contributed by atoms with Crippen LogP contribution in [0.1, 0.15) is 38.3 Å². The highest BCUT2D eigenvalue weighted by atomic mass is 32.1. The number of nitrogens with zero attached hydrogens (tertiary/aromatic N) is 1. The van der Waals surface area contributed by atoms with E-state index in [2.05, 4.69) is 17.2 Å². The summed E-state index contributed by atoms with van der Waals surface area (Å²) in [6.45, 7) is 2.22. The molecule has 1 aromatic rings. The first kappa shape index (κ1) is 11.3. The van der Waals surface area contributed by atoms with Gasteiger partial charge in [0.15, 0.2) is 0 Å². The average Bonchev–Trinajstić information content (AvgIpc) is 2.24. The second-order valence-corrected chi connectivity index (χ2v) is 4.85. The van der Waals surface area contributed by atoms with Crippen LogP contribution in [0.2, 0.25) is 0 Å². The van der Waals surface area contributed by atoms with Crippen LogP contribution in [0, 0.1) is 0 Å². The van der Waals surface area contributed by atoms with E-state index < -0.39 is 0 Å². The monoisotopic (exact) mass is 235 g/mol. The molecule has 0 aromatic carbocycles. The first-order valence-corrected chi connectivity index (χ1v) is 6.10. The zero-order chi connectivity index (χ0) is 11.6. The highest BCUT2D eigenvalue weighted by Crippen LogP contribution is 2.37. The van der Waals surface area contributed by atoms with E-state index in [1.54, 1.807) is 6.20 Å². The molecule has 1 saturated carbocycles. The quantitative estimate of drug-likeness (QED) is 0.787. The Morgan fingerprint density at radius 3 is 2.88 bits per heavy atom. The summed E-state index contributed by atoms with van der Waals surface area (Å²) in [7, 11) is 0. The standard InChI is InChI=1S/C12H17N3S/c1-2-12(5-3-6-12)15-9-4-7-14-10(8-9)11(13)16/h4,7-8H,2-3,5-6H2,1H3,(H2,13,16)(H,14,15). The third-order valence-electron chi connectivity index (χ3n) is 3.41. The Labute approximate surface area is 101 Å². The van der Waals surface area contributed by atoms with Gasteiger partial charge in [-0.3, -0.25) is 4.98 Å². The molecule has 3 nitrogen and oxygen atoms in total. The molecule has 0 bridgehead atoms. The zero-order valence-electron chi connectivity index (χ0n) is 9.49. The van der Waals surface area contributed by atoms with Crippen molar-refractivity contribution in [3.8, 4) is 0 Å². The number of anilines is 1. The van der Waals surface area contributed by atoms with E-state index in [-0.39, 0.29) is 5.54 Å². The molecule has 2 rings (SSSR count). The number of hydrogen-bond donors (Lipinski definition) is 2. The molecule has 0 amide bonds. The van der Waals surface area contributed by atoms with Gasteiger partial charge in [-0.2, -0.15) is 0 Å². The van der Waals surface area contributed by atoms with Crippen molar-refractivity contribution in [3.63, 3.8) is 0 Å². The molecule has 4 heteroatoms. The zero-order valence-corrected chi connectivity index (χ0v) is 10.3. The van der Waals surface area contributed by atoms with Gasteiger partial charge in [0.2, 0.25) is 0 Å². The van der Waals surface area contributed by atoms with Crippen LogP contribution < -0.4 is 11.1 Å². The molecule has 0 spiro atoms. The lowest BCUT2D eigenvalue weighted by Gasteiger charge is -2.43. The lowest BCUT2D eigenvalue weighted by Crippen LogP contribution is -2.44. The second kappa shape index (κ2) is 4.37. The summed E-state index contributed by atoms with van der Waals surface area (Å²) in [6.07, 6.45) is 6.70. The molecule has 16 heavy (non-hydrogen) atoms. The molecule has 3 N–H and O–H groups in total. The van der Waals surface area contributed by atoms with Crippen LogP contribution in [0.4, 0.5) is 5.69 Å². The van der Waals surface area contributed by atoms with Crippen molar-refractivity contribution in [1.29, 1.82) is 0 Å². The Morgan fingerprint density at radius 1 is 1.62 bits per heavy atom. The van der Waals surface area contributed by atoms with E-state index in [4.69, 9.17) is 18.0 Å². The predicted octanol–water partition coefficient (Wildman–Crippen LogP) is 2.46. The van der Waals surface area contributed by atoms with Gasteiger partial charge in [0.05, 0.1) is 5.69 Å². The lowest BCUT2D eigenvalue weighted by molar-refractivity contribution is 0.269. The van der Waals surface area contributed by atoms with Crippen molar-refractivity contribution in [2.75, 3.05) is 5.32 Å². The van der Waals surface area contributed by atoms with Crippen LogP contribution in [0.15, 0.2) is 18.3 Å². The van der Waals surface area contributed by atoms with E-state index in [1.165, 1.54) is 19.3 Å². The predicted molar refractivity (Wildman–Crippen MR) is 70.6 cm³/mol. The minimum absolute atomic E-state index is 0.287. The molecule has 0 unspecified atom stereocenters.